The van der Waals surface area contributed by atoms with Gasteiger partial charge in [0.1, 0.15) is 12.6 Å². The highest BCUT2D eigenvalue weighted by atomic mass is 16.5. The van der Waals surface area contributed by atoms with E-state index in [1.54, 1.807) is 0 Å². The fourth-order valence-corrected chi connectivity index (χ4v) is 2.24. The first-order valence-corrected chi connectivity index (χ1v) is 8.02. The molecule has 0 heterocycles. The van der Waals surface area contributed by atoms with E-state index in [9.17, 15) is 5.11 Å². The molecule has 0 rings (SSSR count). The lowest BCUT2D eigenvalue weighted by atomic mass is 10.1. The third kappa shape index (κ3) is 15.8. The Balaban J connectivity index is 3.18. The molecule has 0 aliphatic carbocycles. The van der Waals surface area contributed by atoms with Crippen LogP contribution < -0.4 is 0 Å². The molecular weight excluding hydrogens is 238 g/mol. The van der Waals surface area contributed by atoms with E-state index in [4.69, 9.17) is 4.74 Å². The highest BCUT2D eigenvalue weighted by molar-refractivity contribution is 4.51. The predicted octanol–water partition coefficient (Wildman–Crippen LogP) is 3.21. The average Bonchev–Trinajstić information content (AvgIpc) is 2.29. The van der Waals surface area contributed by atoms with Crippen LogP contribution in [0.25, 0.3) is 0 Å². The third-order valence-electron chi connectivity index (χ3n) is 3.21. The number of rotatable bonds is 13. The van der Waals surface area contributed by atoms with Crippen molar-refractivity contribution in [1.29, 1.82) is 0 Å². The molecular formula is C16H36NO2+. The first kappa shape index (κ1) is 18.9. The van der Waals surface area contributed by atoms with Crippen molar-refractivity contribution in [1.82, 2.24) is 0 Å². The smallest absolute Gasteiger partial charge is 0.126 e. The van der Waals surface area contributed by atoms with Gasteiger partial charge in [-0.2, -0.15) is 0 Å². The summed E-state index contributed by atoms with van der Waals surface area (Å²) in [5.41, 5.74) is 0. The fraction of sp³-hybridized carbons (Fsp3) is 1.00. The van der Waals surface area contributed by atoms with Gasteiger partial charge in [-0.3, -0.25) is 0 Å². The van der Waals surface area contributed by atoms with Gasteiger partial charge in [-0.1, -0.05) is 51.9 Å². The highest BCUT2D eigenvalue weighted by Gasteiger charge is 2.14. The van der Waals surface area contributed by atoms with Gasteiger partial charge in [0.25, 0.3) is 0 Å². The second-order valence-corrected chi connectivity index (χ2v) is 6.68. The van der Waals surface area contributed by atoms with E-state index in [0.717, 1.165) is 24.1 Å². The Bertz CT molecular complexity index is 190. The van der Waals surface area contributed by atoms with Crippen molar-refractivity contribution in [3.63, 3.8) is 0 Å². The van der Waals surface area contributed by atoms with Crippen LogP contribution in [0, 0.1) is 0 Å². The molecule has 3 heteroatoms. The number of hydrogen-bond acceptors (Lipinski definition) is 2. The van der Waals surface area contributed by atoms with E-state index < -0.39 is 0 Å². The van der Waals surface area contributed by atoms with Gasteiger partial charge in [0.2, 0.25) is 0 Å². The molecule has 3 nitrogen and oxygen atoms in total. The summed E-state index contributed by atoms with van der Waals surface area (Å²) in [6.45, 7) is 4.27. The summed E-state index contributed by atoms with van der Waals surface area (Å²) >= 11 is 0. The first-order chi connectivity index (χ1) is 8.95. The van der Waals surface area contributed by atoms with Gasteiger partial charge < -0.3 is 14.3 Å². The number of ether oxygens (including phenoxy) is 1. The van der Waals surface area contributed by atoms with E-state index in [1.165, 1.54) is 44.9 Å². The molecule has 0 fully saturated rings. The van der Waals surface area contributed by atoms with E-state index >= 15 is 0 Å². The van der Waals surface area contributed by atoms with Crippen LogP contribution in [-0.4, -0.2) is 56.6 Å². The summed E-state index contributed by atoms with van der Waals surface area (Å²) in [5.74, 6) is 0. The molecule has 116 valence electrons. The summed E-state index contributed by atoms with van der Waals surface area (Å²) in [6.07, 6.45) is 10.2. The quantitative estimate of drug-likeness (QED) is 0.413. The molecule has 0 saturated carbocycles. The Morgan fingerprint density at radius 3 is 1.95 bits per heavy atom. The monoisotopic (exact) mass is 274 g/mol. The van der Waals surface area contributed by atoms with Crippen molar-refractivity contribution < 1.29 is 14.3 Å². The SMILES string of the molecule is CCCCCCCCCCOCC(O)C[N+](C)(C)C. The van der Waals surface area contributed by atoms with Crippen LogP contribution in [0.4, 0.5) is 0 Å². The molecule has 0 aromatic rings. The summed E-state index contributed by atoms with van der Waals surface area (Å²) in [7, 11) is 6.26. The van der Waals surface area contributed by atoms with Crippen LogP contribution >= 0.6 is 0 Å². The minimum atomic E-state index is -0.339. The largest absolute Gasteiger partial charge is 0.385 e. The lowest BCUT2D eigenvalue weighted by molar-refractivity contribution is -0.873. The lowest BCUT2D eigenvalue weighted by Crippen LogP contribution is -2.43. The number of aliphatic hydroxyl groups is 1. The van der Waals surface area contributed by atoms with Crippen molar-refractivity contribution in [3.05, 3.63) is 0 Å². The fourth-order valence-electron chi connectivity index (χ4n) is 2.24. The summed E-state index contributed by atoms with van der Waals surface area (Å²) in [4.78, 5) is 0. The van der Waals surface area contributed by atoms with Crippen LogP contribution in [0.15, 0.2) is 0 Å². The molecule has 0 saturated heterocycles. The molecule has 0 aromatic heterocycles. The minimum absolute atomic E-state index is 0.339. The summed E-state index contributed by atoms with van der Waals surface area (Å²) in [5, 5.41) is 9.77. The molecule has 1 N–H and O–H groups in total. The molecule has 0 bridgehead atoms. The Labute approximate surface area is 120 Å². The second-order valence-electron chi connectivity index (χ2n) is 6.68. The minimum Gasteiger partial charge on any atom is -0.385 e. The third-order valence-corrected chi connectivity index (χ3v) is 3.21. The van der Waals surface area contributed by atoms with Gasteiger partial charge in [0.05, 0.1) is 27.7 Å². The van der Waals surface area contributed by atoms with Crippen LogP contribution in [0.3, 0.4) is 0 Å². The number of hydrogen-bond donors (Lipinski definition) is 1. The van der Waals surface area contributed by atoms with Crippen molar-refractivity contribution in [3.8, 4) is 0 Å². The zero-order chi connectivity index (χ0) is 14.6. The molecule has 0 radical (unpaired) electrons. The number of likely N-dealkylation sites (N-methyl/N-ethyl adjacent to an activating group) is 1. The normalized spacial score (nSPS) is 13.7. The van der Waals surface area contributed by atoms with Crippen molar-refractivity contribution >= 4 is 0 Å². The van der Waals surface area contributed by atoms with Crippen LogP contribution in [0.5, 0.6) is 0 Å². The Kier molecular flexibility index (Phi) is 11.6. The molecule has 1 atom stereocenters. The number of unbranched alkanes of at least 4 members (excludes halogenated alkanes) is 7. The maximum atomic E-state index is 9.77. The molecule has 0 spiro atoms. The Morgan fingerprint density at radius 2 is 1.42 bits per heavy atom. The van der Waals surface area contributed by atoms with Gasteiger partial charge in [-0.05, 0) is 6.42 Å². The van der Waals surface area contributed by atoms with Gasteiger partial charge in [-0.25, -0.2) is 0 Å². The Hall–Kier alpha value is -0.120. The van der Waals surface area contributed by atoms with Crippen molar-refractivity contribution in [2.45, 2.75) is 64.4 Å². The van der Waals surface area contributed by atoms with E-state index in [2.05, 4.69) is 28.1 Å². The first-order valence-electron chi connectivity index (χ1n) is 8.02. The summed E-state index contributed by atoms with van der Waals surface area (Å²) in [6, 6.07) is 0. The van der Waals surface area contributed by atoms with Crippen LogP contribution in [-0.2, 0) is 4.74 Å². The highest BCUT2D eigenvalue weighted by Crippen LogP contribution is 2.08. The number of quaternary nitrogens is 1. The van der Waals surface area contributed by atoms with Gasteiger partial charge in [0, 0.05) is 6.61 Å². The topological polar surface area (TPSA) is 29.5 Å². The van der Waals surface area contributed by atoms with Gasteiger partial charge >= 0.3 is 0 Å². The molecule has 0 aliphatic rings. The second kappa shape index (κ2) is 11.7. The van der Waals surface area contributed by atoms with Gasteiger partial charge in [0.15, 0.2) is 0 Å². The maximum Gasteiger partial charge on any atom is 0.126 e. The zero-order valence-corrected chi connectivity index (χ0v) is 13.7. The van der Waals surface area contributed by atoms with Crippen molar-refractivity contribution in [2.24, 2.45) is 0 Å². The van der Waals surface area contributed by atoms with E-state index in [0.29, 0.717) is 6.61 Å². The molecule has 0 amide bonds. The molecule has 0 aliphatic heterocycles. The van der Waals surface area contributed by atoms with Gasteiger partial charge in [-0.15, -0.1) is 0 Å². The lowest BCUT2D eigenvalue weighted by Gasteiger charge is -2.26. The standard InChI is InChI=1S/C16H36NO2/c1-5-6-7-8-9-10-11-12-13-19-15-16(18)14-17(2,3)4/h16,18H,5-15H2,1-4H3/q+1. The Morgan fingerprint density at radius 1 is 0.895 bits per heavy atom. The molecule has 19 heavy (non-hydrogen) atoms. The van der Waals surface area contributed by atoms with E-state index in [1.807, 2.05) is 0 Å². The molecule has 1 unspecified atom stereocenters. The predicted molar refractivity (Wildman–Crippen MR) is 82.3 cm³/mol. The maximum absolute atomic E-state index is 9.77. The zero-order valence-electron chi connectivity index (χ0n) is 13.7. The van der Waals surface area contributed by atoms with Crippen LogP contribution in [0.2, 0.25) is 0 Å². The summed E-state index contributed by atoms with van der Waals surface area (Å²) < 4.78 is 6.31. The average molecular weight is 274 g/mol. The number of nitrogens with zero attached hydrogens (tertiary/aromatic N) is 1. The number of aliphatic hydroxyl groups excluding tert-OH is 1. The van der Waals surface area contributed by atoms with Crippen LogP contribution in [0.1, 0.15) is 58.3 Å². The molecule has 0 aromatic carbocycles. The van der Waals surface area contributed by atoms with E-state index in [-0.39, 0.29) is 6.10 Å². The van der Waals surface area contributed by atoms with Crippen molar-refractivity contribution in [2.75, 3.05) is 40.9 Å².